The quantitative estimate of drug-likeness (QED) is 0.353. The largest absolute Gasteiger partial charge is 0.290 e. The summed E-state index contributed by atoms with van der Waals surface area (Å²) in [6.45, 7) is 0. The molecule has 64 valence electrons. The summed E-state index contributed by atoms with van der Waals surface area (Å²) in [5, 5.41) is 0. The number of carbonyl (C=O) groups is 1. The molecule has 0 saturated heterocycles. The smallest absolute Gasteiger partial charge is 0.265 e. The highest BCUT2D eigenvalue weighted by Crippen LogP contribution is 2.19. The first kappa shape index (κ1) is 9.94. The number of nitrogens with one attached hydrogen (secondary N) is 1. The van der Waals surface area contributed by atoms with E-state index in [-0.39, 0.29) is 5.91 Å². The highest BCUT2D eigenvalue weighted by molar-refractivity contribution is 14.1. The maximum Gasteiger partial charge on any atom is 0.265 e. The number of hydrogen-bond acceptors (Lipinski definition) is 2. The first-order chi connectivity index (χ1) is 5.65. The molecule has 1 aromatic carbocycles. The minimum atomic E-state index is -0.277. The van der Waals surface area contributed by atoms with Crippen LogP contribution >= 0.6 is 38.5 Å². The average molecular weight is 341 g/mol. The first-order valence-corrected chi connectivity index (χ1v) is 4.98. The third-order valence-electron chi connectivity index (χ3n) is 1.31. The summed E-state index contributed by atoms with van der Waals surface area (Å²) >= 11 is 5.46. The standard InChI is InChI=1S/C7H6BrIN2O/c8-5-2-1-4(3-6(5)9)7(12)11-10/h1-3H,10H2,(H,11,12). The number of carbonyl (C=O) groups excluding carboxylic acids is 1. The second kappa shape index (κ2) is 4.20. The van der Waals surface area contributed by atoms with Gasteiger partial charge in [-0.05, 0) is 56.7 Å². The van der Waals surface area contributed by atoms with Gasteiger partial charge in [0.25, 0.3) is 5.91 Å². The summed E-state index contributed by atoms with van der Waals surface area (Å²) in [6.07, 6.45) is 0. The number of benzene rings is 1. The Morgan fingerprint density at radius 1 is 1.58 bits per heavy atom. The van der Waals surface area contributed by atoms with E-state index in [0.717, 1.165) is 8.04 Å². The highest BCUT2D eigenvalue weighted by Gasteiger charge is 2.04. The van der Waals surface area contributed by atoms with E-state index in [9.17, 15) is 4.79 Å². The van der Waals surface area contributed by atoms with Crippen LogP contribution in [0.25, 0.3) is 0 Å². The van der Waals surface area contributed by atoms with Gasteiger partial charge in [-0.1, -0.05) is 0 Å². The minimum Gasteiger partial charge on any atom is -0.290 e. The Labute approximate surface area is 91.9 Å². The lowest BCUT2D eigenvalue weighted by Crippen LogP contribution is -2.29. The number of hydrogen-bond donors (Lipinski definition) is 2. The van der Waals surface area contributed by atoms with Crippen LogP contribution in [0.1, 0.15) is 10.4 Å². The summed E-state index contributed by atoms with van der Waals surface area (Å²) in [6, 6.07) is 5.27. The molecule has 3 N–H and O–H groups in total. The number of rotatable bonds is 1. The molecule has 1 aromatic rings. The number of amides is 1. The zero-order valence-corrected chi connectivity index (χ0v) is 9.72. The zero-order chi connectivity index (χ0) is 9.14. The van der Waals surface area contributed by atoms with E-state index >= 15 is 0 Å². The van der Waals surface area contributed by atoms with Gasteiger partial charge in [-0.25, -0.2) is 5.84 Å². The lowest BCUT2D eigenvalue weighted by Gasteiger charge is -2.00. The predicted octanol–water partition coefficient (Wildman–Crippen LogP) is 1.66. The van der Waals surface area contributed by atoms with Crippen LogP contribution in [0.2, 0.25) is 0 Å². The van der Waals surface area contributed by atoms with Crippen molar-refractivity contribution in [2.24, 2.45) is 5.84 Å². The summed E-state index contributed by atoms with van der Waals surface area (Å²) in [5.74, 6) is 4.70. The van der Waals surface area contributed by atoms with Gasteiger partial charge in [-0.3, -0.25) is 10.2 Å². The van der Waals surface area contributed by atoms with Crippen molar-refractivity contribution in [1.29, 1.82) is 0 Å². The summed E-state index contributed by atoms with van der Waals surface area (Å²) < 4.78 is 1.95. The molecule has 0 radical (unpaired) electrons. The van der Waals surface area contributed by atoms with E-state index in [1.807, 2.05) is 6.07 Å². The minimum absolute atomic E-state index is 0.277. The Morgan fingerprint density at radius 3 is 2.75 bits per heavy atom. The van der Waals surface area contributed by atoms with Crippen molar-refractivity contribution in [1.82, 2.24) is 5.43 Å². The SMILES string of the molecule is NNC(=O)c1ccc(Br)c(I)c1. The van der Waals surface area contributed by atoms with E-state index < -0.39 is 0 Å². The molecule has 0 spiro atoms. The highest BCUT2D eigenvalue weighted by atomic mass is 127. The van der Waals surface area contributed by atoms with Crippen LogP contribution in [0.3, 0.4) is 0 Å². The molecule has 0 aromatic heterocycles. The topological polar surface area (TPSA) is 55.1 Å². The van der Waals surface area contributed by atoms with Gasteiger partial charge in [0.15, 0.2) is 0 Å². The fourth-order valence-corrected chi connectivity index (χ4v) is 1.48. The average Bonchev–Trinajstić information content (AvgIpc) is 2.08. The molecule has 3 nitrogen and oxygen atoms in total. The molecule has 1 amide bonds. The predicted molar refractivity (Wildman–Crippen MR) is 58.5 cm³/mol. The summed E-state index contributed by atoms with van der Waals surface area (Å²) in [5.41, 5.74) is 2.63. The fraction of sp³-hybridized carbons (Fsp3) is 0. The Kier molecular flexibility index (Phi) is 3.48. The van der Waals surface area contributed by atoms with Crippen molar-refractivity contribution in [2.45, 2.75) is 0 Å². The van der Waals surface area contributed by atoms with Crippen LogP contribution in [0.5, 0.6) is 0 Å². The summed E-state index contributed by atoms with van der Waals surface area (Å²) in [7, 11) is 0. The third-order valence-corrected chi connectivity index (χ3v) is 3.64. The van der Waals surface area contributed by atoms with Crippen molar-refractivity contribution >= 4 is 44.4 Å². The van der Waals surface area contributed by atoms with Gasteiger partial charge in [0.1, 0.15) is 0 Å². The molecule has 1 rings (SSSR count). The second-order valence-electron chi connectivity index (χ2n) is 2.10. The molecule has 0 aliphatic rings. The van der Waals surface area contributed by atoms with E-state index in [4.69, 9.17) is 5.84 Å². The van der Waals surface area contributed by atoms with Crippen molar-refractivity contribution in [3.8, 4) is 0 Å². The van der Waals surface area contributed by atoms with Crippen molar-refractivity contribution in [3.63, 3.8) is 0 Å². The maximum atomic E-state index is 11.0. The molecule has 0 aliphatic heterocycles. The van der Waals surface area contributed by atoms with Gasteiger partial charge in [0.05, 0.1) is 0 Å². The normalized spacial score (nSPS) is 9.58. The van der Waals surface area contributed by atoms with Gasteiger partial charge < -0.3 is 0 Å². The first-order valence-electron chi connectivity index (χ1n) is 3.11. The van der Waals surface area contributed by atoms with Gasteiger partial charge in [-0.15, -0.1) is 0 Å². The molecule has 0 bridgehead atoms. The van der Waals surface area contributed by atoms with Gasteiger partial charge in [0, 0.05) is 13.6 Å². The molecule has 0 atom stereocenters. The Morgan fingerprint density at radius 2 is 2.25 bits per heavy atom. The lowest BCUT2D eigenvalue weighted by atomic mass is 10.2. The molecular formula is C7H6BrIN2O. The molecule has 0 aliphatic carbocycles. The Balaban J connectivity index is 3.05. The molecular weight excluding hydrogens is 335 g/mol. The van der Waals surface area contributed by atoms with Crippen LogP contribution in [0, 0.1) is 3.57 Å². The Hall–Kier alpha value is -0.140. The molecule has 0 heterocycles. The van der Waals surface area contributed by atoms with Crippen molar-refractivity contribution in [2.75, 3.05) is 0 Å². The molecule has 0 unspecified atom stereocenters. The molecule has 12 heavy (non-hydrogen) atoms. The number of hydrazine groups is 1. The van der Waals surface area contributed by atoms with Crippen LogP contribution in [0.15, 0.2) is 22.7 Å². The lowest BCUT2D eigenvalue weighted by molar-refractivity contribution is 0.0953. The molecule has 5 heteroatoms. The van der Waals surface area contributed by atoms with Gasteiger partial charge >= 0.3 is 0 Å². The second-order valence-corrected chi connectivity index (χ2v) is 4.12. The van der Waals surface area contributed by atoms with Gasteiger partial charge in [-0.2, -0.15) is 0 Å². The van der Waals surface area contributed by atoms with Crippen LogP contribution < -0.4 is 11.3 Å². The van der Waals surface area contributed by atoms with E-state index in [2.05, 4.69) is 43.9 Å². The van der Waals surface area contributed by atoms with Crippen molar-refractivity contribution in [3.05, 3.63) is 31.8 Å². The summed E-state index contributed by atoms with van der Waals surface area (Å²) in [4.78, 5) is 11.0. The number of nitrogen functional groups attached to an aromatic ring is 1. The third kappa shape index (κ3) is 2.18. The number of halogens is 2. The Bertz CT molecular complexity index is 316. The fourth-order valence-electron chi connectivity index (χ4n) is 0.721. The van der Waals surface area contributed by atoms with Crippen LogP contribution in [0.4, 0.5) is 0 Å². The molecule has 0 fully saturated rings. The number of nitrogens with two attached hydrogens (primary N) is 1. The molecule has 0 saturated carbocycles. The van der Waals surface area contributed by atoms with E-state index in [0.29, 0.717) is 5.56 Å². The zero-order valence-electron chi connectivity index (χ0n) is 5.97. The maximum absolute atomic E-state index is 11.0. The van der Waals surface area contributed by atoms with Crippen molar-refractivity contribution < 1.29 is 4.79 Å². The van der Waals surface area contributed by atoms with Crippen LogP contribution in [-0.4, -0.2) is 5.91 Å². The van der Waals surface area contributed by atoms with Crippen LogP contribution in [-0.2, 0) is 0 Å². The van der Waals surface area contributed by atoms with Gasteiger partial charge in [0.2, 0.25) is 0 Å². The monoisotopic (exact) mass is 340 g/mol. The van der Waals surface area contributed by atoms with E-state index in [1.54, 1.807) is 12.1 Å². The van der Waals surface area contributed by atoms with E-state index in [1.165, 1.54) is 0 Å².